The molecule has 0 spiro atoms. The average Bonchev–Trinajstić information content (AvgIpc) is 2.28. The van der Waals surface area contributed by atoms with Gasteiger partial charge in [0.2, 0.25) is 5.91 Å². The molecule has 0 bridgehead atoms. The maximum atomic E-state index is 13.3. The maximum absolute atomic E-state index is 13.3. The van der Waals surface area contributed by atoms with E-state index in [1.165, 1.54) is 24.3 Å². The molecule has 2 N–H and O–H groups in total. The summed E-state index contributed by atoms with van der Waals surface area (Å²) in [6.07, 6.45) is 0. The summed E-state index contributed by atoms with van der Waals surface area (Å²) in [6, 6.07) is 8.47. The number of amides is 1. The van der Waals surface area contributed by atoms with E-state index in [4.69, 9.17) is 28.9 Å². The Kier molecular flexibility index (Phi) is 3.55. The van der Waals surface area contributed by atoms with Gasteiger partial charge in [-0.05, 0) is 35.9 Å². The Balaban J connectivity index is 2.69. The van der Waals surface area contributed by atoms with E-state index >= 15 is 0 Å². The lowest BCUT2D eigenvalue weighted by Gasteiger charge is -2.09. The van der Waals surface area contributed by atoms with E-state index in [1.54, 1.807) is 12.1 Å². The second-order valence-corrected chi connectivity index (χ2v) is 4.52. The van der Waals surface area contributed by atoms with Crippen molar-refractivity contribution >= 4 is 29.1 Å². The summed E-state index contributed by atoms with van der Waals surface area (Å²) in [4.78, 5) is 11.3. The Morgan fingerprint density at radius 2 is 1.78 bits per heavy atom. The van der Waals surface area contributed by atoms with Crippen molar-refractivity contribution in [1.82, 2.24) is 0 Å². The van der Waals surface area contributed by atoms with Crippen LogP contribution >= 0.6 is 23.2 Å². The molecule has 2 nitrogen and oxygen atoms in total. The molecule has 2 aromatic rings. The van der Waals surface area contributed by atoms with Gasteiger partial charge in [0.25, 0.3) is 0 Å². The molecule has 0 aliphatic carbocycles. The van der Waals surface area contributed by atoms with Crippen LogP contribution in [0.15, 0.2) is 36.4 Å². The fourth-order valence-corrected chi connectivity index (χ4v) is 2.17. The van der Waals surface area contributed by atoms with Crippen LogP contribution in [-0.2, 0) is 0 Å². The van der Waals surface area contributed by atoms with Gasteiger partial charge in [0.1, 0.15) is 5.82 Å². The van der Waals surface area contributed by atoms with Crippen molar-refractivity contribution in [3.8, 4) is 11.1 Å². The van der Waals surface area contributed by atoms with Crippen LogP contribution in [0.4, 0.5) is 4.39 Å². The van der Waals surface area contributed by atoms with Gasteiger partial charge in [-0.3, -0.25) is 4.79 Å². The number of benzene rings is 2. The van der Waals surface area contributed by atoms with Crippen molar-refractivity contribution in [2.75, 3.05) is 0 Å². The Labute approximate surface area is 113 Å². The summed E-state index contributed by atoms with van der Waals surface area (Å²) in [7, 11) is 0. The lowest BCUT2D eigenvalue weighted by molar-refractivity contribution is 0.100. The Morgan fingerprint density at radius 1 is 1.06 bits per heavy atom. The number of halogens is 3. The molecular formula is C13H8Cl2FNO. The molecule has 1 amide bonds. The Morgan fingerprint density at radius 3 is 2.39 bits per heavy atom. The fourth-order valence-electron chi connectivity index (χ4n) is 1.66. The molecule has 0 unspecified atom stereocenters. The predicted octanol–water partition coefficient (Wildman–Crippen LogP) is 3.90. The first-order chi connectivity index (χ1) is 8.49. The second-order valence-electron chi connectivity index (χ2n) is 3.68. The fraction of sp³-hybridized carbons (Fsp3) is 0. The molecule has 0 fully saturated rings. The van der Waals surface area contributed by atoms with Crippen molar-refractivity contribution in [2.24, 2.45) is 5.73 Å². The minimum absolute atomic E-state index is 0.209. The molecule has 0 radical (unpaired) electrons. The van der Waals surface area contributed by atoms with Crippen LogP contribution in [-0.4, -0.2) is 5.91 Å². The number of rotatable bonds is 2. The van der Waals surface area contributed by atoms with Gasteiger partial charge < -0.3 is 5.73 Å². The van der Waals surface area contributed by atoms with E-state index in [0.717, 1.165) is 0 Å². The lowest BCUT2D eigenvalue weighted by Crippen LogP contribution is -2.12. The highest BCUT2D eigenvalue weighted by Gasteiger charge is 2.13. The molecule has 0 aliphatic heterocycles. The van der Waals surface area contributed by atoms with E-state index in [-0.39, 0.29) is 5.56 Å². The summed E-state index contributed by atoms with van der Waals surface area (Å²) in [5.74, 6) is -1.11. The number of nitrogens with two attached hydrogens (primary N) is 1. The van der Waals surface area contributed by atoms with Crippen LogP contribution in [0, 0.1) is 5.82 Å². The maximum Gasteiger partial charge on any atom is 0.249 e. The van der Waals surface area contributed by atoms with E-state index in [2.05, 4.69) is 0 Å². The first kappa shape index (κ1) is 12.9. The lowest BCUT2D eigenvalue weighted by atomic mass is 9.99. The molecule has 5 heteroatoms. The highest BCUT2D eigenvalue weighted by atomic mass is 35.5. The molecule has 0 saturated carbocycles. The normalized spacial score (nSPS) is 10.4. The third-order valence-corrected chi connectivity index (χ3v) is 3.02. The SMILES string of the molecule is NC(=O)c1ccc(F)cc1-c1ccc(Cl)cc1Cl. The van der Waals surface area contributed by atoms with Crippen LogP contribution in [0.25, 0.3) is 11.1 Å². The zero-order valence-electron chi connectivity index (χ0n) is 9.08. The minimum atomic E-state index is -0.643. The summed E-state index contributed by atoms with van der Waals surface area (Å²) >= 11 is 11.8. The van der Waals surface area contributed by atoms with E-state index < -0.39 is 11.7 Å². The van der Waals surface area contributed by atoms with Crippen LogP contribution in [0.3, 0.4) is 0 Å². The monoisotopic (exact) mass is 283 g/mol. The van der Waals surface area contributed by atoms with Crippen LogP contribution in [0.2, 0.25) is 10.0 Å². The number of carbonyl (C=O) groups excluding carboxylic acids is 1. The smallest absolute Gasteiger partial charge is 0.249 e. The number of primary amides is 1. The first-order valence-electron chi connectivity index (χ1n) is 5.04. The van der Waals surface area contributed by atoms with E-state index in [0.29, 0.717) is 21.2 Å². The average molecular weight is 284 g/mol. The van der Waals surface area contributed by atoms with Gasteiger partial charge in [-0.25, -0.2) is 4.39 Å². The van der Waals surface area contributed by atoms with Crippen molar-refractivity contribution < 1.29 is 9.18 Å². The van der Waals surface area contributed by atoms with Crippen LogP contribution in [0.1, 0.15) is 10.4 Å². The quantitative estimate of drug-likeness (QED) is 0.893. The van der Waals surface area contributed by atoms with Crippen molar-refractivity contribution in [3.63, 3.8) is 0 Å². The molecule has 2 aromatic carbocycles. The molecular weight excluding hydrogens is 276 g/mol. The molecule has 0 aromatic heterocycles. The van der Waals surface area contributed by atoms with Gasteiger partial charge >= 0.3 is 0 Å². The zero-order chi connectivity index (χ0) is 13.3. The van der Waals surface area contributed by atoms with E-state index in [1.807, 2.05) is 0 Å². The molecule has 0 saturated heterocycles. The summed E-state index contributed by atoms with van der Waals surface area (Å²) in [5, 5.41) is 0.788. The first-order valence-corrected chi connectivity index (χ1v) is 5.79. The number of hydrogen-bond donors (Lipinski definition) is 1. The molecule has 18 heavy (non-hydrogen) atoms. The van der Waals surface area contributed by atoms with Gasteiger partial charge in [0.15, 0.2) is 0 Å². The minimum Gasteiger partial charge on any atom is -0.366 e. The zero-order valence-corrected chi connectivity index (χ0v) is 10.6. The topological polar surface area (TPSA) is 43.1 Å². The summed E-state index contributed by atoms with van der Waals surface area (Å²) in [5.41, 5.74) is 6.32. The molecule has 92 valence electrons. The Hall–Kier alpha value is -1.58. The van der Waals surface area contributed by atoms with Gasteiger partial charge in [0.05, 0.1) is 0 Å². The van der Waals surface area contributed by atoms with Crippen molar-refractivity contribution in [1.29, 1.82) is 0 Å². The molecule has 0 aliphatic rings. The van der Waals surface area contributed by atoms with Crippen LogP contribution in [0.5, 0.6) is 0 Å². The third-order valence-electron chi connectivity index (χ3n) is 2.47. The largest absolute Gasteiger partial charge is 0.366 e. The predicted molar refractivity (Wildman–Crippen MR) is 70.4 cm³/mol. The second kappa shape index (κ2) is 4.96. The third kappa shape index (κ3) is 2.47. The summed E-state index contributed by atoms with van der Waals surface area (Å²) in [6.45, 7) is 0. The van der Waals surface area contributed by atoms with E-state index in [9.17, 15) is 9.18 Å². The standard InChI is InChI=1S/C13H8Cl2FNO/c14-7-1-3-9(12(15)5-7)11-6-8(16)2-4-10(11)13(17)18/h1-6H,(H2,17,18). The van der Waals surface area contributed by atoms with Gasteiger partial charge in [-0.15, -0.1) is 0 Å². The van der Waals surface area contributed by atoms with Gasteiger partial charge in [-0.2, -0.15) is 0 Å². The van der Waals surface area contributed by atoms with Crippen molar-refractivity contribution in [2.45, 2.75) is 0 Å². The number of carbonyl (C=O) groups is 1. The molecule has 0 atom stereocenters. The van der Waals surface area contributed by atoms with Crippen LogP contribution < -0.4 is 5.73 Å². The van der Waals surface area contributed by atoms with Gasteiger partial charge in [0, 0.05) is 21.2 Å². The van der Waals surface area contributed by atoms with Gasteiger partial charge in [-0.1, -0.05) is 29.3 Å². The highest BCUT2D eigenvalue weighted by molar-refractivity contribution is 6.36. The summed E-state index contributed by atoms with van der Waals surface area (Å²) < 4.78 is 13.3. The molecule has 2 rings (SSSR count). The number of hydrogen-bond acceptors (Lipinski definition) is 1. The molecule has 0 heterocycles. The Bertz CT molecular complexity index is 628. The highest BCUT2D eigenvalue weighted by Crippen LogP contribution is 2.32. The van der Waals surface area contributed by atoms with Crippen molar-refractivity contribution in [3.05, 3.63) is 57.8 Å².